The van der Waals surface area contributed by atoms with Crippen LogP contribution in [0.5, 0.6) is 0 Å². The molecule has 4 rings (SSSR count). The third kappa shape index (κ3) is 2.92. The monoisotopic (exact) mass is 341 g/mol. The fourth-order valence-corrected chi connectivity index (χ4v) is 3.27. The highest BCUT2D eigenvalue weighted by molar-refractivity contribution is 6.04. The molecule has 5 nitrogen and oxygen atoms in total. The van der Waals surface area contributed by atoms with Gasteiger partial charge in [-0.1, -0.05) is 13.5 Å². The van der Waals surface area contributed by atoms with E-state index in [1.807, 2.05) is 4.90 Å². The molecule has 1 saturated heterocycles. The Balaban J connectivity index is 0.00000169. The maximum Gasteiger partial charge on any atom is 0.428 e. The van der Waals surface area contributed by atoms with Crippen LogP contribution in [0.4, 0.5) is 23.7 Å². The second-order valence-electron chi connectivity index (χ2n) is 6.14. The highest BCUT2D eigenvalue weighted by atomic mass is 19.4. The Hall–Kier alpha value is -2.25. The van der Waals surface area contributed by atoms with Crippen molar-refractivity contribution in [2.45, 2.75) is 20.0 Å². The first kappa shape index (κ1) is 16.6. The normalized spacial score (nSPS) is 25.2. The number of cyclic esters (lactones) is 1. The van der Waals surface area contributed by atoms with Crippen LogP contribution in [0.2, 0.25) is 0 Å². The van der Waals surface area contributed by atoms with Crippen LogP contribution in [0.3, 0.4) is 0 Å². The quantitative estimate of drug-likeness (QED) is 0.898. The van der Waals surface area contributed by atoms with Crippen LogP contribution in [0.15, 0.2) is 23.3 Å². The number of amides is 1. The lowest BCUT2D eigenvalue weighted by atomic mass is 10.0. The van der Waals surface area contributed by atoms with E-state index in [9.17, 15) is 18.0 Å². The number of benzene rings is 1. The van der Waals surface area contributed by atoms with Crippen molar-refractivity contribution in [1.82, 2.24) is 5.43 Å². The molecule has 1 aliphatic carbocycles. The summed E-state index contributed by atoms with van der Waals surface area (Å²) < 4.78 is 45.1. The number of rotatable bonds is 2. The number of hydrazone groups is 1. The first-order valence-corrected chi connectivity index (χ1v) is 7.38. The van der Waals surface area contributed by atoms with Gasteiger partial charge in [-0.25, -0.2) is 10.2 Å². The smallest absolute Gasteiger partial charge is 0.428 e. The van der Waals surface area contributed by atoms with E-state index in [0.717, 1.165) is 12.5 Å². The number of anilines is 1. The predicted molar refractivity (Wildman–Crippen MR) is 83.0 cm³/mol. The Bertz CT molecular complexity index is 692. The van der Waals surface area contributed by atoms with Crippen LogP contribution < -0.4 is 10.3 Å². The first-order chi connectivity index (χ1) is 10.9. The van der Waals surface area contributed by atoms with Gasteiger partial charge in [0.05, 0.1) is 5.56 Å². The summed E-state index contributed by atoms with van der Waals surface area (Å²) in [6, 6.07) is 4.16. The zero-order valence-corrected chi connectivity index (χ0v) is 12.1. The first-order valence-electron chi connectivity index (χ1n) is 7.38. The molecular formula is C16H18F3N3O2. The molecule has 130 valence electrons. The van der Waals surface area contributed by atoms with Gasteiger partial charge in [-0.15, -0.1) is 0 Å². The number of hydrogen-bond acceptors (Lipinski definition) is 4. The van der Waals surface area contributed by atoms with Crippen molar-refractivity contribution in [3.05, 3.63) is 29.3 Å². The fourth-order valence-electron chi connectivity index (χ4n) is 3.27. The molecule has 24 heavy (non-hydrogen) atoms. The molecule has 0 spiro atoms. The van der Waals surface area contributed by atoms with Crippen molar-refractivity contribution in [3.8, 4) is 0 Å². The van der Waals surface area contributed by atoms with Crippen molar-refractivity contribution in [2.75, 3.05) is 24.6 Å². The summed E-state index contributed by atoms with van der Waals surface area (Å²) in [5, 5.41) is 3.76. The molecule has 2 atom stereocenters. The van der Waals surface area contributed by atoms with Gasteiger partial charge in [0.2, 0.25) is 0 Å². The van der Waals surface area contributed by atoms with Gasteiger partial charge in [0.25, 0.3) is 0 Å². The highest BCUT2D eigenvalue weighted by Crippen LogP contribution is 2.48. The number of nitrogens with zero attached hydrogens (tertiary/aromatic N) is 2. The standard InChI is InChI=1S/C15H14F3N3O2.CH4/c16-15(17,18)11-4-8(12-7-23-14(22)20-19-12)1-2-13(11)21-5-9-3-10(9)6-21;/h1-2,4,9-10H,3,5-7H2,(H,20,22);1H4. The van der Waals surface area contributed by atoms with Gasteiger partial charge >= 0.3 is 12.3 Å². The third-order valence-electron chi connectivity index (χ3n) is 4.58. The Morgan fingerprint density at radius 1 is 1.25 bits per heavy atom. The highest BCUT2D eigenvalue weighted by Gasteiger charge is 2.47. The van der Waals surface area contributed by atoms with E-state index in [1.54, 1.807) is 6.07 Å². The Morgan fingerprint density at radius 3 is 2.54 bits per heavy atom. The number of ether oxygens (including phenoxy) is 1. The summed E-state index contributed by atoms with van der Waals surface area (Å²) in [5.74, 6) is 1.09. The Labute approximate surface area is 137 Å². The minimum absolute atomic E-state index is 0. The van der Waals surface area contributed by atoms with Crippen molar-refractivity contribution >= 4 is 17.5 Å². The average molecular weight is 341 g/mol. The topological polar surface area (TPSA) is 53.9 Å². The van der Waals surface area contributed by atoms with E-state index < -0.39 is 17.8 Å². The van der Waals surface area contributed by atoms with Crippen molar-refractivity contribution in [1.29, 1.82) is 0 Å². The number of nitrogens with one attached hydrogen (secondary N) is 1. The second-order valence-corrected chi connectivity index (χ2v) is 6.14. The van der Waals surface area contributed by atoms with Gasteiger partial charge in [-0.3, -0.25) is 0 Å². The number of piperidine rings is 1. The SMILES string of the molecule is C.O=C1NN=C(c2ccc(N3CC4CC4C3)c(C(F)(F)F)c2)CO1. The molecule has 2 aliphatic heterocycles. The van der Waals surface area contributed by atoms with Gasteiger partial charge in [-0.05, 0) is 30.4 Å². The molecule has 0 aromatic heterocycles. The van der Waals surface area contributed by atoms with Gasteiger partial charge in [0.1, 0.15) is 12.3 Å². The van der Waals surface area contributed by atoms with Crippen LogP contribution in [0.1, 0.15) is 25.0 Å². The van der Waals surface area contributed by atoms with Gasteiger partial charge in [0.15, 0.2) is 0 Å². The summed E-state index contributed by atoms with van der Waals surface area (Å²) in [5.41, 5.74) is 2.22. The summed E-state index contributed by atoms with van der Waals surface area (Å²) >= 11 is 0. The summed E-state index contributed by atoms with van der Waals surface area (Å²) in [6.45, 7) is 1.23. The molecule has 1 saturated carbocycles. The number of fused-ring (bicyclic) bond motifs is 1. The van der Waals surface area contributed by atoms with Crippen LogP contribution in [0.25, 0.3) is 0 Å². The van der Waals surface area contributed by atoms with E-state index in [0.29, 0.717) is 30.5 Å². The Morgan fingerprint density at radius 2 is 1.96 bits per heavy atom. The zero-order valence-electron chi connectivity index (χ0n) is 12.1. The van der Waals surface area contributed by atoms with E-state index in [1.165, 1.54) is 6.07 Å². The third-order valence-corrected chi connectivity index (χ3v) is 4.58. The number of carbonyl (C=O) groups is 1. The second kappa shape index (κ2) is 5.68. The zero-order chi connectivity index (χ0) is 16.2. The van der Waals surface area contributed by atoms with Crippen molar-refractivity contribution in [3.63, 3.8) is 0 Å². The van der Waals surface area contributed by atoms with Crippen LogP contribution in [-0.2, 0) is 10.9 Å². The van der Waals surface area contributed by atoms with Crippen molar-refractivity contribution < 1.29 is 22.7 Å². The van der Waals surface area contributed by atoms with Gasteiger partial charge < -0.3 is 9.64 Å². The molecule has 2 heterocycles. The minimum atomic E-state index is -4.45. The largest absolute Gasteiger partial charge is 0.442 e. The maximum atomic E-state index is 13.5. The minimum Gasteiger partial charge on any atom is -0.442 e. The molecule has 1 aromatic carbocycles. The van der Waals surface area contributed by atoms with Gasteiger partial charge in [0, 0.05) is 24.3 Å². The Kier molecular flexibility index (Phi) is 3.93. The van der Waals surface area contributed by atoms with E-state index in [2.05, 4.69) is 10.5 Å². The molecule has 8 heteroatoms. The molecule has 0 bridgehead atoms. The van der Waals surface area contributed by atoms with E-state index >= 15 is 0 Å². The van der Waals surface area contributed by atoms with Crippen molar-refractivity contribution in [2.24, 2.45) is 16.9 Å². The van der Waals surface area contributed by atoms with E-state index in [-0.39, 0.29) is 25.4 Å². The number of hydrogen-bond donors (Lipinski definition) is 1. The molecule has 1 N–H and O–H groups in total. The molecule has 0 radical (unpaired) electrons. The lowest BCUT2D eigenvalue weighted by Gasteiger charge is -2.25. The van der Waals surface area contributed by atoms with E-state index in [4.69, 9.17) is 4.74 Å². The summed E-state index contributed by atoms with van der Waals surface area (Å²) in [4.78, 5) is 12.7. The molecule has 2 unspecified atom stereocenters. The lowest BCUT2D eigenvalue weighted by molar-refractivity contribution is -0.137. The fraction of sp³-hybridized carbons (Fsp3) is 0.500. The summed E-state index contributed by atoms with van der Waals surface area (Å²) in [7, 11) is 0. The number of alkyl halides is 3. The average Bonchev–Trinajstić information content (AvgIpc) is 3.13. The molecule has 1 aromatic rings. The molecule has 3 aliphatic rings. The summed E-state index contributed by atoms with van der Waals surface area (Å²) in [6.07, 6.45) is -4.03. The van der Waals surface area contributed by atoms with Crippen LogP contribution in [-0.4, -0.2) is 31.5 Å². The van der Waals surface area contributed by atoms with Crippen LogP contribution >= 0.6 is 0 Å². The predicted octanol–water partition coefficient (Wildman–Crippen LogP) is 3.24. The molecule has 1 amide bonds. The maximum absolute atomic E-state index is 13.5. The van der Waals surface area contributed by atoms with Crippen LogP contribution in [0, 0.1) is 11.8 Å². The molecular weight excluding hydrogens is 323 g/mol. The number of carbonyl (C=O) groups excluding carboxylic acids is 1. The lowest BCUT2D eigenvalue weighted by Crippen LogP contribution is -2.31. The van der Waals surface area contributed by atoms with Gasteiger partial charge in [-0.2, -0.15) is 18.3 Å². The molecule has 2 fully saturated rings. The number of halogens is 3.